The van der Waals surface area contributed by atoms with Gasteiger partial charge in [0.05, 0.1) is 5.56 Å². The molecule has 2 aromatic carbocycles. The first-order valence-corrected chi connectivity index (χ1v) is 11.8. The average molecular weight is 504 g/mol. The molecule has 0 bridgehead atoms. The molecule has 3 rings (SSSR count). The first kappa shape index (κ1) is 28.7. The Labute approximate surface area is 211 Å². The van der Waals surface area contributed by atoms with Crippen molar-refractivity contribution in [2.24, 2.45) is 5.73 Å². The van der Waals surface area contributed by atoms with E-state index in [4.69, 9.17) is 10.5 Å². The molecule has 1 aliphatic rings. The monoisotopic (exact) mass is 503 g/mol. The number of primary amides is 1. The van der Waals surface area contributed by atoms with E-state index in [1.54, 1.807) is 28.9 Å². The number of carbonyl (C=O) groups is 3. The highest BCUT2D eigenvalue weighted by Gasteiger charge is 2.29. The summed E-state index contributed by atoms with van der Waals surface area (Å²) in [7, 11) is 0. The van der Waals surface area contributed by atoms with Gasteiger partial charge in [0.25, 0.3) is 5.91 Å². The van der Waals surface area contributed by atoms with E-state index in [9.17, 15) is 23.2 Å². The first-order chi connectivity index (χ1) is 16.7. The number of nitrogens with zero attached hydrogens (tertiary/aromatic N) is 2. The molecule has 0 atom stereocenters. The van der Waals surface area contributed by atoms with E-state index in [1.807, 2.05) is 34.6 Å². The van der Waals surface area contributed by atoms with Gasteiger partial charge >= 0.3 is 6.09 Å². The van der Waals surface area contributed by atoms with Crippen molar-refractivity contribution in [1.82, 2.24) is 9.80 Å². The van der Waals surface area contributed by atoms with E-state index in [1.165, 1.54) is 18.2 Å². The molecule has 1 aliphatic heterocycles. The van der Waals surface area contributed by atoms with Crippen molar-refractivity contribution in [3.05, 3.63) is 70.3 Å². The third-order valence-corrected chi connectivity index (χ3v) is 5.57. The van der Waals surface area contributed by atoms with Crippen LogP contribution >= 0.6 is 0 Å². The van der Waals surface area contributed by atoms with Crippen molar-refractivity contribution < 1.29 is 27.9 Å². The van der Waals surface area contributed by atoms with E-state index < -0.39 is 23.1 Å². The molecule has 36 heavy (non-hydrogen) atoms. The lowest BCUT2D eigenvalue weighted by Crippen LogP contribution is -2.51. The van der Waals surface area contributed by atoms with Crippen molar-refractivity contribution in [2.45, 2.75) is 53.1 Å². The summed E-state index contributed by atoms with van der Waals surface area (Å²) < 4.78 is 31.9. The minimum absolute atomic E-state index is 0.0944. The molecule has 196 valence electrons. The molecule has 0 unspecified atom stereocenters. The smallest absolute Gasteiger partial charge is 0.410 e. The second kappa shape index (κ2) is 12.0. The second-order valence-corrected chi connectivity index (χ2v) is 9.98. The Balaban J connectivity index is 0.000000346. The Morgan fingerprint density at radius 2 is 1.50 bits per heavy atom. The lowest BCUT2D eigenvalue weighted by atomic mass is 10.00. The number of nitrogens with two attached hydrogens (primary N) is 1. The number of carbonyl (C=O) groups excluding carboxylic acids is 3. The highest BCUT2D eigenvalue weighted by Crippen LogP contribution is 2.20. The minimum Gasteiger partial charge on any atom is -0.444 e. The molecule has 0 saturated carbocycles. The van der Waals surface area contributed by atoms with E-state index >= 15 is 0 Å². The molecule has 1 saturated heterocycles. The molecule has 9 heteroatoms. The normalized spacial score (nSPS) is 13.7. The summed E-state index contributed by atoms with van der Waals surface area (Å²) in [5.74, 6) is -1.66. The number of benzene rings is 2. The van der Waals surface area contributed by atoms with Gasteiger partial charge in [0.1, 0.15) is 17.2 Å². The first-order valence-electron chi connectivity index (χ1n) is 11.8. The van der Waals surface area contributed by atoms with Crippen molar-refractivity contribution in [2.75, 3.05) is 26.2 Å². The van der Waals surface area contributed by atoms with Crippen LogP contribution in [-0.4, -0.2) is 59.5 Å². The third kappa shape index (κ3) is 8.03. The number of halogens is 2. The summed E-state index contributed by atoms with van der Waals surface area (Å²) >= 11 is 0. The molecule has 1 fully saturated rings. The van der Waals surface area contributed by atoms with Gasteiger partial charge in [-0.1, -0.05) is 26.0 Å². The summed E-state index contributed by atoms with van der Waals surface area (Å²) in [4.78, 5) is 38.5. The highest BCUT2D eigenvalue weighted by atomic mass is 19.1. The number of piperazine rings is 1. The van der Waals surface area contributed by atoms with Gasteiger partial charge < -0.3 is 20.3 Å². The number of aryl methyl sites for hydroxylation is 1. The summed E-state index contributed by atoms with van der Waals surface area (Å²) in [5, 5.41) is 0. The Kier molecular flexibility index (Phi) is 9.55. The fourth-order valence-corrected chi connectivity index (χ4v) is 3.51. The van der Waals surface area contributed by atoms with Gasteiger partial charge in [-0.2, -0.15) is 0 Å². The fourth-order valence-electron chi connectivity index (χ4n) is 3.51. The summed E-state index contributed by atoms with van der Waals surface area (Å²) in [6.07, 6.45) is -0.382. The van der Waals surface area contributed by atoms with Crippen molar-refractivity contribution >= 4 is 17.9 Å². The standard InChI is InChI=1S/C19H27FN2O3.C8H8FNO/c1-13(2)14-6-7-16(20)15(12-14)17(23)21-8-10-22(11-9-21)18(24)25-19(3,4)5;1-5-2-3-6(9)4-7(5)8(10)11/h6-7,12-13H,8-11H2,1-5H3;2-4H,1H3,(H2,10,11). The van der Waals surface area contributed by atoms with Crippen LogP contribution in [0, 0.1) is 18.6 Å². The van der Waals surface area contributed by atoms with Crippen LogP contribution in [-0.2, 0) is 4.74 Å². The number of rotatable bonds is 3. The lowest BCUT2D eigenvalue weighted by Gasteiger charge is -2.35. The predicted molar refractivity (Wildman–Crippen MR) is 134 cm³/mol. The molecule has 0 radical (unpaired) electrons. The van der Waals surface area contributed by atoms with Gasteiger partial charge in [-0.25, -0.2) is 13.6 Å². The van der Waals surface area contributed by atoms with E-state index in [-0.39, 0.29) is 29.0 Å². The van der Waals surface area contributed by atoms with Gasteiger partial charge in [0.2, 0.25) is 5.91 Å². The summed E-state index contributed by atoms with van der Waals surface area (Å²) in [6, 6.07) is 8.63. The maximum absolute atomic E-state index is 14.1. The van der Waals surface area contributed by atoms with Gasteiger partial charge in [-0.3, -0.25) is 9.59 Å². The highest BCUT2D eigenvalue weighted by molar-refractivity contribution is 5.95. The number of amides is 3. The minimum atomic E-state index is -0.595. The summed E-state index contributed by atoms with van der Waals surface area (Å²) in [6.45, 7) is 12.6. The lowest BCUT2D eigenvalue weighted by molar-refractivity contribution is 0.0140. The molecule has 2 aromatic rings. The van der Waals surface area contributed by atoms with Crippen LogP contribution < -0.4 is 5.73 Å². The average Bonchev–Trinajstić information content (AvgIpc) is 2.79. The van der Waals surface area contributed by atoms with Gasteiger partial charge in [-0.05, 0) is 69.0 Å². The molecule has 0 aliphatic carbocycles. The van der Waals surface area contributed by atoms with Crippen LogP contribution in [0.25, 0.3) is 0 Å². The quantitative estimate of drug-likeness (QED) is 0.646. The molecule has 0 spiro atoms. The summed E-state index contributed by atoms with van der Waals surface area (Å²) in [5.41, 5.74) is 6.38. The fraction of sp³-hybridized carbons (Fsp3) is 0.444. The Morgan fingerprint density at radius 3 is 2.00 bits per heavy atom. The van der Waals surface area contributed by atoms with Crippen LogP contribution in [0.4, 0.5) is 13.6 Å². The zero-order valence-electron chi connectivity index (χ0n) is 21.7. The third-order valence-electron chi connectivity index (χ3n) is 5.57. The van der Waals surface area contributed by atoms with Crippen LogP contribution in [0.3, 0.4) is 0 Å². The van der Waals surface area contributed by atoms with Crippen LogP contribution in [0.5, 0.6) is 0 Å². The topological polar surface area (TPSA) is 92.9 Å². The van der Waals surface area contributed by atoms with Gasteiger partial charge in [-0.15, -0.1) is 0 Å². The Morgan fingerprint density at radius 1 is 0.917 bits per heavy atom. The molecule has 2 N–H and O–H groups in total. The number of hydrogen-bond donors (Lipinski definition) is 1. The Hall–Kier alpha value is -3.49. The maximum atomic E-state index is 14.1. The van der Waals surface area contributed by atoms with Crippen LogP contribution in [0.1, 0.15) is 72.4 Å². The van der Waals surface area contributed by atoms with Crippen molar-refractivity contribution in [3.63, 3.8) is 0 Å². The second-order valence-electron chi connectivity index (χ2n) is 9.98. The zero-order valence-corrected chi connectivity index (χ0v) is 21.7. The van der Waals surface area contributed by atoms with Crippen molar-refractivity contribution in [1.29, 1.82) is 0 Å². The molecule has 3 amide bonds. The van der Waals surface area contributed by atoms with Crippen LogP contribution in [0.15, 0.2) is 36.4 Å². The van der Waals surface area contributed by atoms with Gasteiger partial charge in [0, 0.05) is 31.7 Å². The van der Waals surface area contributed by atoms with Gasteiger partial charge in [0.15, 0.2) is 0 Å². The van der Waals surface area contributed by atoms with E-state index in [0.717, 1.165) is 11.6 Å². The molecule has 0 aromatic heterocycles. The van der Waals surface area contributed by atoms with Crippen molar-refractivity contribution in [3.8, 4) is 0 Å². The largest absolute Gasteiger partial charge is 0.444 e. The SMILES string of the molecule is CC(C)c1ccc(F)c(C(=O)N2CCN(C(=O)OC(C)(C)C)CC2)c1.Cc1ccc(F)cc1C(N)=O. The molecular weight excluding hydrogens is 468 g/mol. The van der Waals surface area contributed by atoms with Crippen LogP contribution in [0.2, 0.25) is 0 Å². The molecular formula is C27H35F2N3O4. The number of ether oxygens (including phenoxy) is 1. The number of hydrogen-bond acceptors (Lipinski definition) is 4. The molecule has 1 heterocycles. The maximum Gasteiger partial charge on any atom is 0.410 e. The molecule has 7 nitrogen and oxygen atoms in total. The predicted octanol–water partition coefficient (Wildman–Crippen LogP) is 4.88. The van der Waals surface area contributed by atoms with E-state index in [0.29, 0.717) is 31.7 Å². The Bertz CT molecular complexity index is 1100. The van der Waals surface area contributed by atoms with E-state index in [2.05, 4.69) is 0 Å². The zero-order chi connectivity index (χ0) is 27.2.